The number of piperazine rings is 1. The van der Waals surface area contributed by atoms with Crippen molar-refractivity contribution in [3.05, 3.63) is 78.5 Å². The summed E-state index contributed by atoms with van der Waals surface area (Å²) >= 11 is 0. The number of nitrogens with zero attached hydrogens (tertiary/aromatic N) is 7. The molecular weight excluding hydrogens is 715 g/mol. The molecule has 55 heavy (non-hydrogen) atoms. The van der Waals surface area contributed by atoms with Gasteiger partial charge in [-0.1, -0.05) is 12.1 Å². The lowest BCUT2D eigenvalue weighted by Gasteiger charge is -2.39. The molecule has 5 heterocycles. The van der Waals surface area contributed by atoms with Gasteiger partial charge >= 0.3 is 12.2 Å². The van der Waals surface area contributed by atoms with Crippen LogP contribution in [-0.4, -0.2) is 88.9 Å². The fraction of sp³-hybridized carbons (Fsp3) is 0.385. The molecule has 3 aromatic heterocycles. The SMILES string of the molecule is COc1cc2nn(C3CCC(CN4CCN(c5ccc6c(N7CCC(=O)NC7=O)cncc6c5)CC4)CC3)cc2cc1NC(=O)c1cccc(C(F)(F)F)n1. The Hall–Kier alpha value is -5.77. The van der Waals surface area contributed by atoms with Gasteiger partial charge in [0.05, 0.1) is 36.2 Å². The summed E-state index contributed by atoms with van der Waals surface area (Å²) < 4.78 is 47.0. The molecule has 5 aromatic rings. The van der Waals surface area contributed by atoms with E-state index in [0.717, 1.165) is 92.4 Å². The highest BCUT2D eigenvalue weighted by Gasteiger charge is 2.33. The molecule has 0 atom stereocenters. The van der Waals surface area contributed by atoms with Crippen molar-refractivity contribution in [2.45, 2.75) is 44.3 Å². The van der Waals surface area contributed by atoms with Crippen molar-refractivity contribution < 1.29 is 32.3 Å². The number of methoxy groups -OCH3 is 1. The van der Waals surface area contributed by atoms with Crippen molar-refractivity contribution >= 4 is 56.6 Å². The van der Waals surface area contributed by atoms with Gasteiger partial charge in [0.2, 0.25) is 5.91 Å². The highest BCUT2D eigenvalue weighted by atomic mass is 19.4. The van der Waals surface area contributed by atoms with Crippen LogP contribution in [0.25, 0.3) is 21.7 Å². The normalized spacial score (nSPS) is 19.9. The Balaban J connectivity index is 0.849. The predicted molar refractivity (Wildman–Crippen MR) is 200 cm³/mol. The average Bonchev–Trinajstić information content (AvgIpc) is 3.60. The third kappa shape index (κ3) is 7.63. The van der Waals surface area contributed by atoms with Crippen LogP contribution in [0, 0.1) is 5.92 Å². The number of hydrogen-bond acceptors (Lipinski definition) is 9. The van der Waals surface area contributed by atoms with E-state index >= 15 is 0 Å². The predicted octanol–water partition coefficient (Wildman–Crippen LogP) is 6.26. The zero-order chi connectivity index (χ0) is 38.3. The number of nitrogens with one attached hydrogen (secondary N) is 2. The Kier molecular flexibility index (Phi) is 9.75. The average molecular weight is 756 g/mol. The molecule has 1 aliphatic carbocycles. The lowest BCUT2D eigenvalue weighted by atomic mass is 9.85. The van der Waals surface area contributed by atoms with E-state index in [1.54, 1.807) is 23.2 Å². The number of ether oxygens (including phenoxy) is 1. The van der Waals surface area contributed by atoms with Gasteiger partial charge in [0.25, 0.3) is 5.91 Å². The third-order valence-electron chi connectivity index (χ3n) is 10.9. The number of amides is 4. The topological polar surface area (TPSA) is 138 Å². The van der Waals surface area contributed by atoms with Crippen LogP contribution in [0.3, 0.4) is 0 Å². The van der Waals surface area contributed by atoms with E-state index < -0.39 is 23.8 Å². The number of imide groups is 1. The standard InChI is InChI=1S/C39H40F3N9O4/c1-55-34-19-31-26(18-32(34)45-37(53)30-3-2-4-35(44-30)39(40,41)42)23-51(47-31)27-7-5-24(6-8-27)22-48-13-15-49(16-14-48)28-9-10-29-25(17-28)20-43-21-33(29)50-12-11-36(52)46-38(50)54/h2-4,9-10,17-21,23-24,27H,5-8,11-16,22H2,1H3,(H,45,53)(H,46,52,54). The van der Waals surface area contributed by atoms with E-state index in [9.17, 15) is 27.6 Å². The van der Waals surface area contributed by atoms with Gasteiger partial charge in [0.15, 0.2) is 0 Å². The summed E-state index contributed by atoms with van der Waals surface area (Å²) in [6.45, 7) is 5.13. The van der Waals surface area contributed by atoms with Gasteiger partial charge in [-0.05, 0) is 61.9 Å². The van der Waals surface area contributed by atoms with Crippen LogP contribution in [0.15, 0.2) is 67.1 Å². The van der Waals surface area contributed by atoms with Gasteiger partial charge in [-0.3, -0.25) is 34.4 Å². The lowest BCUT2D eigenvalue weighted by Crippen LogP contribution is -2.49. The molecule has 0 spiro atoms. The van der Waals surface area contributed by atoms with Crippen LogP contribution in [0.5, 0.6) is 5.75 Å². The summed E-state index contributed by atoms with van der Waals surface area (Å²) in [7, 11) is 1.46. The van der Waals surface area contributed by atoms with Gasteiger partial charge in [0.1, 0.15) is 17.1 Å². The van der Waals surface area contributed by atoms with Gasteiger partial charge in [-0.25, -0.2) is 9.78 Å². The van der Waals surface area contributed by atoms with Crippen molar-refractivity contribution in [1.82, 2.24) is 30.0 Å². The number of carbonyl (C=O) groups is 3. The quantitative estimate of drug-likeness (QED) is 0.188. The van der Waals surface area contributed by atoms with E-state index in [1.165, 1.54) is 13.2 Å². The Bertz CT molecular complexity index is 2260. The molecule has 0 bridgehead atoms. The largest absolute Gasteiger partial charge is 0.494 e. The second kappa shape index (κ2) is 14.8. The fourth-order valence-electron chi connectivity index (χ4n) is 7.93. The number of halogens is 3. The molecule has 3 fully saturated rings. The minimum atomic E-state index is -4.66. The van der Waals surface area contributed by atoms with Crippen molar-refractivity contribution in [3.8, 4) is 5.75 Å². The van der Waals surface area contributed by atoms with Gasteiger partial charge < -0.3 is 15.0 Å². The van der Waals surface area contributed by atoms with E-state index in [0.29, 0.717) is 35.1 Å². The van der Waals surface area contributed by atoms with Gasteiger partial charge in [0, 0.05) is 86.0 Å². The highest BCUT2D eigenvalue weighted by molar-refractivity contribution is 6.10. The number of carbonyl (C=O) groups excluding carboxylic acids is 3. The van der Waals surface area contributed by atoms with Crippen LogP contribution in [-0.2, 0) is 11.0 Å². The zero-order valence-corrected chi connectivity index (χ0v) is 30.2. The smallest absolute Gasteiger partial charge is 0.433 e. The Morgan fingerprint density at radius 3 is 2.51 bits per heavy atom. The maximum absolute atomic E-state index is 13.2. The number of fused-ring (bicyclic) bond motifs is 2. The molecule has 2 saturated heterocycles. The number of pyridine rings is 2. The second-order valence-corrected chi connectivity index (χ2v) is 14.4. The zero-order valence-electron chi connectivity index (χ0n) is 30.2. The first-order valence-electron chi connectivity index (χ1n) is 18.4. The number of rotatable bonds is 8. The maximum Gasteiger partial charge on any atom is 0.433 e. The molecule has 3 aliphatic rings. The van der Waals surface area contributed by atoms with Crippen molar-refractivity contribution in [2.24, 2.45) is 5.92 Å². The van der Waals surface area contributed by atoms with Crippen LogP contribution in [0.2, 0.25) is 0 Å². The summed E-state index contributed by atoms with van der Waals surface area (Å²) in [5.74, 6) is -0.107. The molecule has 13 nitrogen and oxygen atoms in total. The van der Waals surface area contributed by atoms with E-state index in [-0.39, 0.29) is 24.1 Å². The molecular formula is C39H40F3N9O4. The van der Waals surface area contributed by atoms with E-state index in [4.69, 9.17) is 9.84 Å². The third-order valence-corrected chi connectivity index (χ3v) is 10.9. The first kappa shape index (κ1) is 36.2. The van der Waals surface area contributed by atoms with Crippen LogP contribution in [0.4, 0.5) is 35.0 Å². The molecule has 286 valence electrons. The number of anilines is 3. The summed E-state index contributed by atoms with van der Waals surface area (Å²) in [5, 5.41) is 12.5. The number of aromatic nitrogens is 4. The van der Waals surface area contributed by atoms with E-state index in [1.807, 2.05) is 23.1 Å². The van der Waals surface area contributed by atoms with Crippen LogP contribution in [0.1, 0.15) is 54.3 Å². The van der Waals surface area contributed by atoms with Crippen LogP contribution < -0.4 is 25.2 Å². The summed E-state index contributed by atoms with van der Waals surface area (Å²) in [4.78, 5) is 51.4. The molecule has 2 aliphatic heterocycles. The molecule has 0 unspecified atom stereocenters. The molecule has 16 heteroatoms. The molecule has 4 amide bonds. The number of benzene rings is 2. The molecule has 0 radical (unpaired) electrons. The Morgan fingerprint density at radius 1 is 0.964 bits per heavy atom. The minimum Gasteiger partial charge on any atom is -0.494 e. The highest BCUT2D eigenvalue weighted by Crippen LogP contribution is 2.36. The fourth-order valence-corrected chi connectivity index (χ4v) is 7.93. The van der Waals surface area contributed by atoms with Gasteiger partial charge in [-0.2, -0.15) is 18.3 Å². The monoisotopic (exact) mass is 755 g/mol. The van der Waals surface area contributed by atoms with E-state index in [2.05, 4.69) is 42.5 Å². The second-order valence-electron chi connectivity index (χ2n) is 14.4. The summed E-state index contributed by atoms with van der Waals surface area (Å²) in [5.41, 5.74) is 1.34. The van der Waals surface area contributed by atoms with Gasteiger partial charge in [-0.15, -0.1) is 0 Å². The maximum atomic E-state index is 13.2. The summed E-state index contributed by atoms with van der Waals surface area (Å²) in [6, 6.07) is 12.7. The number of hydrogen-bond donors (Lipinski definition) is 2. The Labute approximate surface area is 314 Å². The first-order valence-corrected chi connectivity index (χ1v) is 18.4. The molecule has 2 aromatic carbocycles. The Morgan fingerprint density at radius 2 is 1.76 bits per heavy atom. The minimum absolute atomic E-state index is 0.230. The van der Waals surface area contributed by atoms with Crippen molar-refractivity contribution in [3.63, 3.8) is 0 Å². The number of alkyl halides is 3. The molecule has 2 N–H and O–H groups in total. The lowest BCUT2D eigenvalue weighted by molar-refractivity contribution is -0.141. The van der Waals surface area contributed by atoms with Crippen molar-refractivity contribution in [1.29, 1.82) is 0 Å². The first-order chi connectivity index (χ1) is 26.5. The number of urea groups is 1. The molecule has 8 rings (SSSR count). The van der Waals surface area contributed by atoms with Crippen molar-refractivity contribution in [2.75, 3.05) is 61.5 Å². The summed E-state index contributed by atoms with van der Waals surface area (Å²) in [6.07, 6.45) is 5.17. The molecule has 1 saturated carbocycles. The van der Waals surface area contributed by atoms with Crippen LogP contribution >= 0.6 is 0 Å².